The van der Waals surface area contributed by atoms with E-state index in [1.165, 1.54) is 4.90 Å². The van der Waals surface area contributed by atoms with E-state index in [0.717, 1.165) is 64.8 Å². The van der Waals surface area contributed by atoms with Crippen LogP contribution in [-0.2, 0) is 27.5 Å². The third-order valence-corrected chi connectivity index (χ3v) is 13.0. The average molecular weight is 889 g/mol. The van der Waals surface area contributed by atoms with Crippen LogP contribution >= 0.6 is 11.3 Å². The number of aliphatic hydroxyl groups excluding tert-OH is 1. The minimum atomic E-state index is -0.878. The van der Waals surface area contributed by atoms with E-state index in [4.69, 9.17) is 5.73 Å². The molecule has 15 nitrogen and oxygen atoms in total. The van der Waals surface area contributed by atoms with Crippen LogP contribution in [-0.4, -0.2) is 117 Å². The molecule has 0 radical (unpaired) electrons. The second-order valence-electron chi connectivity index (χ2n) is 17.9. The highest BCUT2D eigenvalue weighted by Gasteiger charge is 2.44. The van der Waals surface area contributed by atoms with Crippen LogP contribution in [0.15, 0.2) is 84.4 Å². The number of nitrogens with two attached hydrogens (primary N) is 1. The van der Waals surface area contributed by atoms with Gasteiger partial charge in [-0.05, 0) is 79.4 Å². The number of rotatable bonds is 15. The molecule has 0 bridgehead atoms. The van der Waals surface area contributed by atoms with Crippen molar-refractivity contribution < 1.29 is 24.6 Å². The van der Waals surface area contributed by atoms with E-state index in [2.05, 4.69) is 64.8 Å². The summed E-state index contributed by atoms with van der Waals surface area (Å²) in [5, 5.41) is 35.3. The van der Waals surface area contributed by atoms with Gasteiger partial charge in [-0.15, -0.1) is 21.5 Å². The summed E-state index contributed by atoms with van der Waals surface area (Å²) >= 11 is 1.58. The molecule has 7 rings (SSSR count). The molecule has 338 valence electrons. The topological polar surface area (TPSA) is 193 Å². The van der Waals surface area contributed by atoms with Gasteiger partial charge in [-0.3, -0.25) is 14.4 Å². The Bertz CT molecular complexity index is 2400. The molecule has 2 fully saturated rings. The first kappa shape index (κ1) is 45.9. The fourth-order valence-electron chi connectivity index (χ4n) is 8.40. The van der Waals surface area contributed by atoms with Gasteiger partial charge in [-0.2, -0.15) is 0 Å². The number of hydrogen-bond acceptors (Lipinski definition) is 13. The van der Waals surface area contributed by atoms with Crippen molar-refractivity contribution in [2.75, 3.05) is 61.8 Å². The number of likely N-dealkylation sites (tertiary alicyclic amines) is 1. The second-order valence-corrected chi connectivity index (χ2v) is 18.8. The zero-order valence-electron chi connectivity index (χ0n) is 37.3. The van der Waals surface area contributed by atoms with Crippen molar-refractivity contribution in [3.05, 3.63) is 101 Å². The maximum Gasteiger partial charge on any atom is 0.246 e. The molecule has 0 spiro atoms. The highest BCUT2D eigenvalue weighted by molar-refractivity contribution is 7.13. The lowest BCUT2D eigenvalue weighted by Crippen LogP contribution is -2.57. The van der Waals surface area contributed by atoms with Crippen molar-refractivity contribution in [1.29, 1.82) is 0 Å². The van der Waals surface area contributed by atoms with Gasteiger partial charge in [0.15, 0.2) is 5.82 Å². The summed E-state index contributed by atoms with van der Waals surface area (Å²) < 4.78 is 0. The van der Waals surface area contributed by atoms with Crippen LogP contribution in [0, 0.1) is 12.3 Å². The second kappa shape index (κ2) is 20.2. The molecule has 5 aromatic rings. The van der Waals surface area contributed by atoms with Gasteiger partial charge < -0.3 is 46.2 Å². The van der Waals surface area contributed by atoms with Gasteiger partial charge in [0, 0.05) is 69.9 Å². The van der Waals surface area contributed by atoms with Crippen LogP contribution in [0.1, 0.15) is 56.9 Å². The molecule has 2 aliphatic rings. The van der Waals surface area contributed by atoms with E-state index in [9.17, 15) is 24.6 Å². The van der Waals surface area contributed by atoms with Crippen LogP contribution in [0.25, 0.3) is 21.7 Å². The number of carbonyl (C=O) groups is 3. The Morgan fingerprint density at radius 2 is 1.64 bits per heavy atom. The molecule has 2 aromatic heterocycles. The normalized spacial score (nSPS) is 17.1. The van der Waals surface area contributed by atoms with Crippen LogP contribution in [0.2, 0.25) is 0 Å². The zero-order chi connectivity index (χ0) is 45.5. The lowest BCUT2D eigenvalue weighted by Gasteiger charge is -2.37. The first-order chi connectivity index (χ1) is 30.6. The third kappa shape index (κ3) is 11.2. The summed E-state index contributed by atoms with van der Waals surface area (Å²) in [5.41, 5.74) is 14.7. The summed E-state index contributed by atoms with van der Waals surface area (Å²) in [7, 11) is 2.03. The lowest BCUT2D eigenvalue weighted by molar-refractivity contribution is -0.144. The Morgan fingerprint density at radius 3 is 2.31 bits per heavy atom. The van der Waals surface area contributed by atoms with Gasteiger partial charge in [0.05, 0.1) is 33.6 Å². The summed E-state index contributed by atoms with van der Waals surface area (Å²) in [6.07, 6.45) is 0.118. The van der Waals surface area contributed by atoms with E-state index in [1.807, 2.05) is 82.7 Å². The van der Waals surface area contributed by atoms with E-state index in [1.54, 1.807) is 23.5 Å². The predicted molar refractivity (Wildman–Crippen MR) is 252 cm³/mol. The van der Waals surface area contributed by atoms with Crippen molar-refractivity contribution >= 4 is 46.3 Å². The highest BCUT2D eigenvalue weighted by Crippen LogP contribution is 2.33. The summed E-state index contributed by atoms with van der Waals surface area (Å²) in [6, 6.07) is 23.7. The number of hydrogen-bond donors (Lipinski definition) is 5. The molecule has 2 saturated heterocycles. The number of phenols is 1. The number of carbonyl (C=O) groups excluding carboxylic acids is 3. The predicted octanol–water partition coefficient (Wildman–Crippen LogP) is 5.21. The molecule has 3 amide bonds. The molecule has 0 aliphatic carbocycles. The first-order valence-electron chi connectivity index (χ1n) is 21.9. The van der Waals surface area contributed by atoms with Crippen molar-refractivity contribution in [2.45, 2.75) is 78.2 Å². The summed E-state index contributed by atoms with van der Waals surface area (Å²) in [6.45, 7) is 12.4. The molecular weight excluding hydrogens is 829 g/mol. The fourth-order valence-corrected chi connectivity index (χ4v) is 9.21. The van der Waals surface area contributed by atoms with Crippen molar-refractivity contribution in [1.82, 2.24) is 35.6 Å². The molecule has 2 aliphatic heterocycles. The maximum atomic E-state index is 14.1. The minimum Gasteiger partial charge on any atom is -0.507 e. The lowest BCUT2D eigenvalue weighted by atomic mass is 9.85. The number of nitrogen functional groups attached to an aromatic ring is 1. The third-order valence-electron chi connectivity index (χ3n) is 12.0. The molecular formula is C48H60N10O5S. The number of benzene rings is 3. The Morgan fingerprint density at radius 1 is 0.953 bits per heavy atom. The molecule has 3 aromatic carbocycles. The molecule has 1 unspecified atom stereocenters. The number of β-amino-alcohol motifs (C(OH)–C–C–N with tert-alkyl or cyclic N) is 1. The Labute approximate surface area is 379 Å². The van der Waals surface area contributed by atoms with Crippen molar-refractivity contribution in [3.63, 3.8) is 0 Å². The number of aromatic nitrogens is 3. The van der Waals surface area contributed by atoms with E-state index >= 15 is 0 Å². The number of nitrogens with zero attached hydrogens (tertiary/aromatic N) is 7. The van der Waals surface area contributed by atoms with E-state index < -0.39 is 23.6 Å². The number of aliphatic hydroxyl groups is 1. The standard InChI is InChI=1S/C48H60N10O5S/c1-31-43(64-30-51-31)34-16-12-32(13-17-34)27-50-46(62)40-25-36(59)29-58(40)47(63)44(48(2,3)4)52-42(61)11-8-20-55(5)28-33-14-18-35(19-15-33)56-21-23-57(24-22-56)39-26-38(53-54-45(39)49)37-9-6-7-10-41(37)60/h6-7,9-10,12-19,26,30,36,40,44,59-60H,8,11,20-25,27-29H2,1-5H3,(H2,49,54)(H,50,62)(H,52,61)/t36-,40+,44?/m1/s1. The van der Waals surface area contributed by atoms with Crippen LogP contribution in [0.4, 0.5) is 17.2 Å². The monoisotopic (exact) mass is 888 g/mol. The number of aromatic hydroxyl groups is 1. The number of anilines is 3. The fraction of sp³-hybridized carbons (Fsp3) is 0.417. The van der Waals surface area contributed by atoms with Crippen LogP contribution in [0.5, 0.6) is 5.75 Å². The number of aryl methyl sites for hydroxylation is 1. The summed E-state index contributed by atoms with van der Waals surface area (Å²) in [4.78, 5) is 54.5. The molecule has 4 heterocycles. The SMILES string of the molecule is Cc1ncsc1-c1ccc(CNC(=O)[C@@H]2C[C@@H](O)CN2C(=O)C(NC(=O)CCCN(C)Cc2ccc(N3CCN(c4cc(-c5ccccc5O)nnc4N)CC3)cc2)C(C)(C)C)cc1. The van der Waals surface area contributed by atoms with Crippen molar-refractivity contribution in [2.24, 2.45) is 5.41 Å². The first-order valence-corrected chi connectivity index (χ1v) is 22.8. The smallest absolute Gasteiger partial charge is 0.246 e. The Balaban J connectivity index is 0.853. The Kier molecular flexibility index (Phi) is 14.5. The van der Waals surface area contributed by atoms with E-state index in [0.29, 0.717) is 36.6 Å². The van der Waals surface area contributed by atoms with Crippen LogP contribution < -0.4 is 26.2 Å². The summed E-state index contributed by atoms with van der Waals surface area (Å²) in [5.74, 6) is -0.443. The largest absolute Gasteiger partial charge is 0.507 e. The Hall–Kier alpha value is -6.10. The number of piperazine rings is 1. The van der Waals surface area contributed by atoms with Gasteiger partial charge >= 0.3 is 0 Å². The van der Waals surface area contributed by atoms with Crippen molar-refractivity contribution in [3.8, 4) is 27.4 Å². The van der Waals surface area contributed by atoms with Gasteiger partial charge in [0.1, 0.15) is 17.8 Å². The molecule has 3 atom stereocenters. The van der Waals surface area contributed by atoms with Crippen LogP contribution in [0.3, 0.4) is 0 Å². The highest BCUT2D eigenvalue weighted by atomic mass is 32.1. The molecule has 6 N–H and O–H groups in total. The van der Waals surface area contributed by atoms with Gasteiger partial charge in [-0.25, -0.2) is 4.98 Å². The number of para-hydroxylation sites is 1. The number of amides is 3. The van der Waals surface area contributed by atoms with Gasteiger partial charge in [-0.1, -0.05) is 69.3 Å². The maximum absolute atomic E-state index is 14.1. The number of thiazole rings is 1. The quantitative estimate of drug-likeness (QED) is 0.0924. The van der Waals surface area contributed by atoms with Gasteiger partial charge in [0.2, 0.25) is 17.7 Å². The molecule has 64 heavy (non-hydrogen) atoms. The van der Waals surface area contributed by atoms with Gasteiger partial charge in [0.25, 0.3) is 0 Å². The molecule has 0 saturated carbocycles. The minimum absolute atomic E-state index is 0.0219. The number of nitrogens with one attached hydrogen (secondary N) is 2. The van der Waals surface area contributed by atoms with E-state index in [-0.39, 0.29) is 49.4 Å². The number of phenolic OH excluding ortho intramolecular Hbond substituents is 1. The molecule has 16 heteroatoms. The average Bonchev–Trinajstić information content (AvgIpc) is 3.90. The zero-order valence-corrected chi connectivity index (χ0v) is 38.1.